The first-order chi connectivity index (χ1) is 12.0. The summed E-state index contributed by atoms with van der Waals surface area (Å²) >= 11 is 0. The van der Waals surface area contributed by atoms with Gasteiger partial charge in [-0.05, 0) is 48.7 Å². The van der Waals surface area contributed by atoms with Crippen molar-refractivity contribution >= 4 is 11.6 Å². The minimum absolute atomic E-state index is 0.176. The number of amides is 1. The van der Waals surface area contributed by atoms with Gasteiger partial charge in [-0.25, -0.2) is 0 Å². The van der Waals surface area contributed by atoms with Gasteiger partial charge in [0, 0.05) is 31.6 Å². The van der Waals surface area contributed by atoms with Gasteiger partial charge in [-0.15, -0.1) is 0 Å². The number of nitrogen functional groups attached to an aromatic ring is 1. The van der Waals surface area contributed by atoms with Crippen molar-refractivity contribution in [2.24, 2.45) is 0 Å². The number of carbonyl (C=O) groups excluding carboxylic acids is 1. The predicted octanol–water partition coefficient (Wildman–Crippen LogP) is 3.50. The maximum atomic E-state index is 12.5. The number of ether oxygens (including phenoxy) is 1. The first kappa shape index (κ1) is 17.3. The first-order valence-corrected chi connectivity index (χ1v) is 8.87. The molecule has 0 aromatic heterocycles. The number of likely N-dealkylation sites (tertiary alicyclic amines) is 1. The number of hydrogen-bond donors (Lipinski definition) is 1. The number of nitrogens with two attached hydrogens (primary N) is 1. The summed E-state index contributed by atoms with van der Waals surface area (Å²) in [5.74, 6) is 1.14. The lowest BCUT2D eigenvalue weighted by Crippen LogP contribution is -2.42. The highest BCUT2D eigenvalue weighted by Crippen LogP contribution is 2.24. The van der Waals surface area contributed by atoms with E-state index in [4.69, 9.17) is 10.5 Å². The van der Waals surface area contributed by atoms with Gasteiger partial charge in [0.1, 0.15) is 11.9 Å². The van der Waals surface area contributed by atoms with Gasteiger partial charge >= 0.3 is 0 Å². The summed E-state index contributed by atoms with van der Waals surface area (Å²) in [5, 5.41) is 0. The molecule has 1 aliphatic rings. The van der Waals surface area contributed by atoms with Crippen molar-refractivity contribution in [1.82, 2.24) is 4.90 Å². The molecular weight excluding hydrogens is 312 g/mol. The van der Waals surface area contributed by atoms with Gasteiger partial charge in [-0.2, -0.15) is 0 Å². The second-order valence-corrected chi connectivity index (χ2v) is 6.89. The zero-order valence-electron chi connectivity index (χ0n) is 15.0. The molecule has 1 aliphatic heterocycles. The average molecular weight is 338 g/mol. The van der Waals surface area contributed by atoms with E-state index in [1.54, 1.807) is 0 Å². The third-order valence-electron chi connectivity index (χ3n) is 4.77. The molecule has 1 fully saturated rings. The van der Waals surface area contributed by atoms with Crippen LogP contribution in [-0.2, 0) is 11.2 Å². The summed E-state index contributed by atoms with van der Waals surface area (Å²) in [6.07, 6.45) is 2.37. The number of rotatable bonds is 4. The lowest BCUT2D eigenvalue weighted by atomic mass is 10.1. The maximum absolute atomic E-state index is 12.5. The van der Waals surface area contributed by atoms with Gasteiger partial charge < -0.3 is 15.4 Å². The highest BCUT2D eigenvalue weighted by atomic mass is 16.5. The Balaban J connectivity index is 1.52. The highest BCUT2D eigenvalue weighted by Gasteiger charge is 2.24. The van der Waals surface area contributed by atoms with E-state index in [1.165, 1.54) is 5.56 Å². The molecule has 2 N–H and O–H groups in total. The van der Waals surface area contributed by atoms with Crippen molar-refractivity contribution in [3.8, 4) is 5.75 Å². The van der Waals surface area contributed by atoms with Crippen LogP contribution in [0.5, 0.6) is 5.75 Å². The molecule has 1 amide bonds. The topological polar surface area (TPSA) is 55.6 Å². The van der Waals surface area contributed by atoms with Crippen molar-refractivity contribution in [3.05, 3.63) is 59.2 Å². The van der Waals surface area contributed by atoms with E-state index >= 15 is 0 Å². The number of piperidine rings is 1. The van der Waals surface area contributed by atoms with Gasteiger partial charge in [0.05, 0.1) is 6.42 Å². The monoisotopic (exact) mass is 338 g/mol. The van der Waals surface area contributed by atoms with Crippen molar-refractivity contribution in [1.29, 1.82) is 0 Å². The Kier molecular flexibility index (Phi) is 5.27. The minimum Gasteiger partial charge on any atom is -0.490 e. The summed E-state index contributed by atoms with van der Waals surface area (Å²) in [6.45, 7) is 5.65. The van der Waals surface area contributed by atoms with Crippen LogP contribution in [0.1, 0.15) is 29.5 Å². The normalized spacial score (nSPS) is 15.2. The predicted molar refractivity (Wildman–Crippen MR) is 101 cm³/mol. The van der Waals surface area contributed by atoms with E-state index < -0.39 is 0 Å². The van der Waals surface area contributed by atoms with Crippen molar-refractivity contribution in [2.75, 3.05) is 18.8 Å². The van der Waals surface area contributed by atoms with E-state index in [2.05, 4.69) is 32.0 Å². The van der Waals surface area contributed by atoms with Crippen molar-refractivity contribution in [2.45, 2.75) is 39.2 Å². The molecule has 0 unspecified atom stereocenters. The van der Waals surface area contributed by atoms with Gasteiger partial charge in [-0.3, -0.25) is 4.79 Å². The van der Waals surface area contributed by atoms with Crippen LogP contribution in [0.15, 0.2) is 42.5 Å². The largest absolute Gasteiger partial charge is 0.490 e. The van der Waals surface area contributed by atoms with Crippen LogP contribution in [-0.4, -0.2) is 30.0 Å². The molecule has 0 bridgehead atoms. The molecule has 0 spiro atoms. The smallest absolute Gasteiger partial charge is 0.226 e. The van der Waals surface area contributed by atoms with Crippen molar-refractivity contribution < 1.29 is 9.53 Å². The third kappa shape index (κ3) is 4.53. The number of nitrogens with zero attached hydrogens (tertiary/aromatic N) is 1. The van der Waals surface area contributed by atoms with E-state index in [-0.39, 0.29) is 12.0 Å². The van der Waals surface area contributed by atoms with E-state index in [0.717, 1.165) is 48.5 Å². The molecule has 2 aromatic carbocycles. The standard InChI is InChI=1S/C21H26N2O2/c1-15-3-4-16(2)20(13-15)25-19-9-11-23(12-10-19)21(24)14-17-5-7-18(22)8-6-17/h3-8,13,19H,9-12,14,22H2,1-2H3. The molecule has 25 heavy (non-hydrogen) atoms. The summed E-state index contributed by atoms with van der Waals surface area (Å²) in [5.41, 5.74) is 9.78. The van der Waals surface area contributed by atoms with Gasteiger partial charge in [-0.1, -0.05) is 24.3 Å². The lowest BCUT2D eigenvalue weighted by molar-refractivity contribution is -0.132. The zero-order valence-corrected chi connectivity index (χ0v) is 15.0. The van der Waals surface area contributed by atoms with Gasteiger partial charge in [0.2, 0.25) is 5.91 Å². The second-order valence-electron chi connectivity index (χ2n) is 6.89. The van der Waals surface area contributed by atoms with Crippen LogP contribution in [0, 0.1) is 13.8 Å². The van der Waals surface area contributed by atoms with E-state index in [9.17, 15) is 4.79 Å². The van der Waals surface area contributed by atoms with Crippen LogP contribution < -0.4 is 10.5 Å². The second kappa shape index (κ2) is 7.60. The van der Waals surface area contributed by atoms with Crippen molar-refractivity contribution in [3.63, 3.8) is 0 Å². The fourth-order valence-corrected chi connectivity index (χ4v) is 3.16. The lowest BCUT2D eigenvalue weighted by Gasteiger charge is -2.32. The summed E-state index contributed by atoms with van der Waals surface area (Å²) < 4.78 is 6.17. The Morgan fingerprint density at radius 2 is 1.80 bits per heavy atom. The molecule has 132 valence electrons. The maximum Gasteiger partial charge on any atom is 0.226 e. The van der Waals surface area contributed by atoms with Crippen LogP contribution in [0.2, 0.25) is 0 Å². The van der Waals surface area contributed by atoms with Gasteiger partial charge in [0.15, 0.2) is 0 Å². The van der Waals surface area contributed by atoms with Crippen LogP contribution in [0.4, 0.5) is 5.69 Å². The summed E-state index contributed by atoms with van der Waals surface area (Å²) in [4.78, 5) is 14.4. The number of hydrogen-bond acceptors (Lipinski definition) is 3. The highest BCUT2D eigenvalue weighted by molar-refractivity contribution is 5.79. The fraction of sp³-hybridized carbons (Fsp3) is 0.381. The average Bonchev–Trinajstić information content (AvgIpc) is 2.61. The molecule has 4 nitrogen and oxygen atoms in total. The third-order valence-corrected chi connectivity index (χ3v) is 4.77. The van der Waals surface area contributed by atoms with E-state index in [1.807, 2.05) is 29.2 Å². The Bertz CT molecular complexity index is 732. The fourth-order valence-electron chi connectivity index (χ4n) is 3.16. The zero-order chi connectivity index (χ0) is 17.8. The molecule has 0 radical (unpaired) electrons. The molecule has 1 saturated heterocycles. The summed E-state index contributed by atoms with van der Waals surface area (Å²) in [6, 6.07) is 13.8. The number of carbonyl (C=O) groups is 1. The molecule has 4 heteroatoms. The summed E-state index contributed by atoms with van der Waals surface area (Å²) in [7, 11) is 0. The molecule has 0 saturated carbocycles. The molecule has 2 aromatic rings. The molecule has 0 aliphatic carbocycles. The Hall–Kier alpha value is -2.49. The Morgan fingerprint density at radius 1 is 1.12 bits per heavy atom. The molecular formula is C21H26N2O2. The minimum atomic E-state index is 0.176. The number of anilines is 1. The first-order valence-electron chi connectivity index (χ1n) is 8.87. The van der Waals surface area contributed by atoms with Crippen LogP contribution in [0.25, 0.3) is 0 Å². The number of aryl methyl sites for hydroxylation is 2. The Labute approximate surface area is 149 Å². The van der Waals surface area contributed by atoms with Crippen LogP contribution in [0.3, 0.4) is 0 Å². The quantitative estimate of drug-likeness (QED) is 0.868. The number of benzene rings is 2. The molecule has 1 heterocycles. The molecule has 3 rings (SSSR count). The van der Waals surface area contributed by atoms with Crippen LogP contribution >= 0.6 is 0 Å². The SMILES string of the molecule is Cc1ccc(C)c(OC2CCN(C(=O)Cc3ccc(N)cc3)CC2)c1. The van der Waals surface area contributed by atoms with E-state index in [0.29, 0.717) is 6.42 Å². The Morgan fingerprint density at radius 3 is 2.48 bits per heavy atom. The van der Waals surface area contributed by atoms with Gasteiger partial charge in [0.25, 0.3) is 0 Å². The molecule has 0 atom stereocenters.